The van der Waals surface area contributed by atoms with Gasteiger partial charge in [-0.15, -0.1) is 0 Å². The van der Waals surface area contributed by atoms with Gasteiger partial charge in [0.05, 0.1) is 4.92 Å². The maximum atomic E-state index is 12.2. The molecule has 24 heavy (non-hydrogen) atoms. The van der Waals surface area contributed by atoms with Crippen LogP contribution in [0.15, 0.2) is 18.2 Å². The summed E-state index contributed by atoms with van der Waals surface area (Å²) in [6.07, 6.45) is 0. The Labute approximate surface area is 142 Å². The van der Waals surface area contributed by atoms with E-state index in [0.29, 0.717) is 0 Å². The van der Waals surface area contributed by atoms with E-state index in [1.54, 1.807) is 13.8 Å². The van der Waals surface area contributed by atoms with Crippen molar-refractivity contribution in [1.29, 1.82) is 0 Å². The van der Waals surface area contributed by atoms with Gasteiger partial charge in [-0.25, -0.2) is 4.79 Å². The molecule has 1 unspecified atom stereocenters. The van der Waals surface area contributed by atoms with Crippen LogP contribution in [0.4, 0.5) is 5.69 Å². The second-order valence-electron chi connectivity index (χ2n) is 5.19. The Morgan fingerprint density at radius 1 is 1.38 bits per heavy atom. The monoisotopic (exact) mass is 357 g/mol. The van der Waals surface area contributed by atoms with E-state index in [9.17, 15) is 24.5 Å². The van der Waals surface area contributed by atoms with Gasteiger partial charge in [-0.3, -0.25) is 19.7 Å². The van der Waals surface area contributed by atoms with E-state index in [1.807, 2.05) is 0 Å². The second kappa shape index (κ2) is 8.25. The predicted octanol–water partition coefficient (Wildman–Crippen LogP) is 1.03. The van der Waals surface area contributed by atoms with Crippen molar-refractivity contribution < 1.29 is 24.0 Å². The Balaban J connectivity index is 2.93. The van der Waals surface area contributed by atoms with Gasteiger partial charge in [0.25, 0.3) is 17.5 Å². The molecule has 1 aromatic carbocycles. The molecule has 0 aliphatic rings. The molecule has 0 bridgehead atoms. The number of nitro groups is 1. The Morgan fingerprint density at radius 2 is 2.00 bits per heavy atom. The molecule has 0 saturated carbocycles. The molecule has 0 aliphatic heterocycles. The molecule has 2 amide bonds. The first-order chi connectivity index (χ1) is 11.1. The first kappa shape index (κ1) is 19.4. The molecule has 1 rings (SSSR count). The molecule has 10 heteroatoms. The topological polar surface area (TPSA) is 142 Å². The van der Waals surface area contributed by atoms with Crippen LogP contribution in [0.1, 0.15) is 24.2 Å². The predicted molar refractivity (Wildman–Crippen MR) is 84.4 cm³/mol. The number of esters is 1. The number of nitrogens with one attached hydrogen (secondary N) is 1. The van der Waals surface area contributed by atoms with Crippen molar-refractivity contribution in [3.05, 3.63) is 38.9 Å². The number of rotatable bonds is 7. The van der Waals surface area contributed by atoms with Crippen LogP contribution in [-0.4, -0.2) is 35.4 Å². The van der Waals surface area contributed by atoms with Crippen LogP contribution in [0.5, 0.6) is 0 Å². The number of benzene rings is 1. The Kier molecular flexibility index (Phi) is 6.66. The van der Waals surface area contributed by atoms with E-state index < -0.39 is 41.0 Å². The van der Waals surface area contributed by atoms with Gasteiger partial charge in [0, 0.05) is 11.6 Å². The summed E-state index contributed by atoms with van der Waals surface area (Å²) in [4.78, 5) is 44.9. The zero-order chi connectivity index (χ0) is 18.4. The summed E-state index contributed by atoms with van der Waals surface area (Å²) in [6.45, 7) is 2.70. The molecule has 0 radical (unpaired) electrons. The molecule has 0 fully saturated rings. The van der Waals surface area contributed by atoms with E-state index in [-0.39, 0.29) is 16.5 Å². The molecule has 0 spiro atoms. The van der Waals surface area contributed by atoms with Gasteiger partial charge in [0.2, 0.25) is 0 Å². The number of halogens is 1. The summed E-state index contributed by atoms with van der Waals surface area (Å²) in [5, 5.41) is 13.2. The molecule has 0 aliphatic carbocycles. The second-order valence-corrected chi connectivity index (χ2v) is 5.60. The van der Waals surface area contributed by atoms with Crippen LogP contribution in [-0.2, 0) is 14.3 Å². The van der Waals surface area contributed by atoms with Crippen molar-refractivity contribution in [2.45, 2.75) is 19.9 Å². The number of nitro benzene ring substituents is 1. The minimum absolute atomic E-state index is 0.0422. The first-order valence-electron chi connectivity index (χ1n) is 6.83. The summed E-state index contributed by atoms with van der Waals surface area (Å²) in [7, 11) is 0. The fraction of sp³-hybridized carbons (Fsp3) is 0.357. The summed E-state index contributed by atoms with van der Waals surface area (Å²) in [5.41, 5.74) is 4.42. The van der Waals surface area contributed by atoms with Gasteiger partial charge in [0.15, 0.2) is 6.61 Å². The summed E-state index contributed by atoms with van der Waals surface area (Å²) in [5.74, 6) is -2.73. The van der Waals surface area contributed by atoms with Gasteiger partial charge in [-0.05, 0) is 18.1 Å². The summed E-state index contributed by atoms with van der Waals surface area (Å²) >= 11 is 5.68. The van der Waals surface area contributed by atoms with Crippen LogP contribution in [0.3, 0.4) is 0 Å². The van der Waals surface area contributed by atoms with E-state index in [4.69, 9.17) is 17.3 Å². The van der Waals surface area contributed by atoms with E-state index in [2.05, 4.69) is 10.1 Å². The van der Waals surface area contributed by atoms with Crippen molar-refractivity contribution in [2.75, 3.05) is 6.61 Å². The third kappa shape index (κ3) is 5.20. The number of nitrogens with two attached hydrogens (primary N) is 1. The normalized spacial score (nSPS) is 11.7. The molecule has 3 N–H and O–H groups in total. The molecule has 1 atom stereocenters. The zero-order valence-electron chi connectivity index (χ0n) is 12.9. The number of ether oxygens (including phenoxy) is 1. The lowest BCUT2D eigenvalue weighted by Crippen LogP contribution is -2.46. The summed E-state index contributed by atoms with van der Waals surface area (Å²) in [6, 6.07) is 2.46. The number of carbonyl (C=O) groups is 3. The molecule has 0 saturated heterocycles. The number of primary amides is 1. The standard InChI is InChI=1S/C14H16ClN3O6/c1-7(2)12(14(21)24-6-11(16)19)17-13(20)8-3-4-9(15)10(5-8)18(22)23/h3-5,7,12H,6H2,1-2H3,(H2,16,19)(H,17,20). The van der Waals surface area contributed by atoms with Crippen LogP contribution >= 0.6 is 11.6 Å². The fourth-order valence-corrected chi connectivity index (χ4v) is 1.93. The molecular formula is C14H16ClN3O6. The average Bonchev–Trinajstić information content (AvgIpc) is 2.49. The molecule has 0 aromatic heterocycles. The van der Waals surface area contributed by atoms with Crippen molar-refractivity contribution in [1.82, 2.24) is 5.32 Å². The number of hydrogen-bond acceptors (Lipinski definition) is 6. The van der Waals surface area contributed by atoms with Crippen molar-refractivity contribution in [3.63, 3.8) is 0 Å². The van der Waals surface area contributed by atoms with Gasteiger partial charge < -0.3 is 15.8 Å². The summed E-state index contributed by atoms with van der Waals surface area (Å²) < 4.78 is 4.69. The lowest BCUT2D eigenvalue weighted by atomic mass is 10.0. The number of nitrogens with zero attached hydrogens (tertiary/aromatic N) is 1. The SMILES string of the molecule is CC(C)C(NC(=O)c1ccc(Cl)c([N+](=O)[O-])c1)C(=O)OCC(N)=O. The van der Waals surface area contributed by atoms with Crippen molar-refractivity contribution in [2.24, 2.45) is 11.7 Å². The number of amides is 2. The molecular weight excluding hydrogens is 342 g/mol. The first-order valence-corrected chi connectivity index (χ1v) is 7.21. The highest BCUT2D eigenvalue weighted by Crippen LogP contribution is 2.25. The zero-order valence-corrected chi connectivity index (χ0v) is 13.7. The molecule has 0 heterocycles. The van der Waals surface area contributed by atoms with Crippen molar-refractivity contribution in [3.8, 4) is 0 Å². The lowest BCUT2D eigenvalue weighted by Gasteiger charge is -2.20. The minimum atomic E-state index is -1.05. The Morgan fingerprint density at radius 3 is 2.50 bits per heavy atom. The average molecular weight is 358 g/mol. The quantitative estimate of drug-likeness (QED) is 0.424. The fourth-order valence-electron chi connectivity index (χ4n) is 1.75. The Hall–Kier alpha value is -2.68. The number of carbonyl (C=O) groups excluding carboxylic acids is 3. The highest BCUT2D eigenvalue weighted by atomic mass is 35.5. The van der Waals surface area contributed by atoms with E-state index in [0.717, 1.165) is 6.07 Å². The van der Waals surface area contributed by atoms with Gasteiger partial charge in [-0.1, -0.05) is 25.4 Å². The molecule has 130 valence electrons. The highest BCUT2D eigenvalue weighted by Gasteiger charge is 2.27. The van der Waals surface area contributed by atoms with Gasteiger partial charge >= 0.3 is 5.97 Å². The molecule has 1 aromatic rings. The third-order valence-electron chi connectivity index (χ3n) is 2.97. The maximum absolute atomic E-state index is 12.2. The van der Waals surface area contributed by atoms with Gasteiger partial charge in [-0.2, -0.15) is 0 Å². The minimum Gasteiger partial charge on any atom is -0.454 e. The molecule has 9 nitrogen and oxygen atoms in total. The van der Waals surface area contributed by atoms with Crippen LogP contribution in [0, 0.1) is 16.0 Å². The van der Waals surface area contributed by atoms with Crippen LogP contribution in [0.25, 0.3) is 0 Å². The van der Waals surface area contributed by atoms with E-state index >= 15 is 0 Å². The maximum Gasteiger partial charge on any atom is 0.329 e. The Bertz CT molecular complexity index is 676. The lowest BCUT2D eigenvalue weighted by molar-refractivity contribution is -0.384. The van der Waals surface area contributed by atoms with Crippen LogP contribution in [0.2, 0.25) is 5.02 Å². The smallest absolute Gasteiger partial charge is 0.329 e. The van der Waals surface area contributed by atoms with E-state index in [1.165, 1.54) is 12.1 Å². The highest BCUT2D eigenvalue weighted by molar-refractivity contribution is 6.32. The van der Waals surface area contributed by atoms with Gasteiger partial charge in [0.1, 0.15) is 11.1 Å². The number of hydrogen-bond donors (Lipinski definition) is 2. The van der Waals surface area contributed by atoms with Crippen LogP contribution < -0.4 is 11.1 Å². The largest absolute Gasteiger partial charge is 0.454 e. The van der Waals surface area contributed by atoms with Crippen molar-refractivity contribution >= 4 is 35.1 Å². The third-order valence-corrected chi connectivity index (χ3v) is 3.29.